The first-order valence-electron chi connectivity index (χ1n) is 8.39. The van der Waals surface area contributed by atoms with Gasteiger partial charge in [-0.3, -0.25) is 4.79 Å². The zero-order valence-corrected chi connectivity index (χ0v) is 14.4. The van der Waals surface area contributed by atoms with E-state index in [0.29, 0.717) is 6.54 Å². The maximum Gasteiger partial charge on any atom is 0.230 e. The lowest BCUT2D eigenvalue weighted by Gasteiger charge is -2.26. The molecule has 0 bridgehead atoms. The van der Waals surface area contributed by atoms with E-state index >= 15 is 0 Å². The molecule has 3 rings (SSSR count). The summed E-state index contributed by atoms with van der Waals surface area (Å²) in [7, 11) is 3.79. The topological polar surface area (TPSA) is 32.3 Å². The SMILES string of the molecule is CN(C)C(CNC(=O)C1(c2ccc(F)cc2)CC1)c1cccc(F)c1. The molecule has 1 aliphatic carbocycles. The highest BCUT2D eigenvalue weighted by Gasteiger charge is 2.51. The predicted molar refractivity (Wildman–Crippen MR) is 93.1 cm³/mol. The Hall–Kier alpha value is -2.27. The molecule has 2 aromatic rings. The van der Waals surface area contributed by atoms with Crippen LogP contribution in [0.4, 0.5) is 8.78 Å². The Labute approximate surface area is 146 Å². The maximum atomic E-state index is 13.5. The molecule has 132 valence electrons. The first-order valence-corrected chi connectivity index (χ1v) is 8.39. The zero-order valence-electron chi connectivity index (χ0n) is 14.4. The molecule has 1 unspecified atom stereocenters. The number of nitrogens with zero attached hydrogens (tertiary/aromatic N) is 1. The lowest BCUT2D eigenvalue weighted by molar-refractivity contribution is -0.123. The van der Waals surface area contributed by atoms with Gasteiger partial charge in [-0.15, -0.1) is 0 Å². The van der Waals surface area contributed by atoms with E-state index in [0.717, 1.165) is 24.0 Å². The van der Waals surface area contributed by atoms with Gasteiger partial charge in [0.15, 0.2) is 0 Å². The molecule has 1 N–H and O–H groups in total. The molecule has 1 atom stereocenters. The molecular formula is C20H22F2N2O. The average molecular weight is 344 g/mol. The van der Waals surface area contributed by atoms with Gasteiger partial charge >= 0.3 is 0 Å². The van der Waals surface area contributed by atoms with Crippen molar-refractivity contribution >= 4 is 5.91 Å². The number of carbonyl (C=O) groups is 1. The molecule has 0 heterocycles. The predicted octanol–water partition coefficient (Wildman–Crippen LogP) is 3.42. The number of likely N-dealkylation sites (N-methyl/N-ethyl adjacent to an activating group) is 1. The zero-order chi connectivity index (χ0) is 18.0. The van der Waals surface area contributed by atoms with Crippen LogP contribution >= 0.6 is 0 Å². The second kappa shape index (κ2) is 6.92. The lowest BCUT2D eigenvalue weighted by atomic mass is 9.94. The van der Waals surface area contributed by atoms with E-state index in [1.165, 1.54) is 24.3 Å². The highest BCUT2D eigenvalue weighted by atomic mass is 19.1. The molecule has 0 radical (unpaired) electrons. The molecule has 5 heteroatoms. The van der Waals surface area contributed by atoms with Crippen molar-refractivity contribution in [1.29, 1.82) is 0 Å². The molecule has 0 aromatic heterocycles. The summed E-state index contributed by atoms with van der Waals surface area (Å²) in [6, 6.07) is 12.4. The highest BCUT2D eigenvalue weighted by Crippen LogP contribution is 2.48. The maximum absolute atomic E-state index is 13.5. The minimum absolute atomic E-state index is 0.0534. The van der Waals surface area contributed by atoms with Gasteiger partial charge in [0.05, 0.1) is 11.5 Å². The van der Waals surface area contributed by atoms with Gasteiger partial charge in [-0.2, -0.15) is 0 Å². The van der Waals surface area contributed by atoms with Gasteiger partial charge in [0, 0.05) is 6.54 Å². The fourth-order valence-corrected chi connectivity index (χ4v) is 3.21. The third-order valence-corrected chi connectivity index (χ3v) is 4.89. The Morgan fingerprint density at radius 1 is 1.12 bits per heavy atom. The van der Waals surface area contributed by atoms with E-state index < -0.39 is 5.41 Å². The molecule has 3 nitrogen and oxygen atoms in total. The smallest absolute Gasteiger partial charge is 0.230 e. The van der Waals surface area contributed by atoms with Crippen molar-refractivity contribution in [2.45, 2.75) is 24.3 Å². The van der Waals surface area contributed by atoms with Gasteiger partial charge < -0.3 is 10.2 Å². The number of rotatable bonds is 6. The van der Waals surface area contributed by atoms with Crippen LogP contribution in [0.1, 0.15) is 30.0 Å². The van der Waals surface area contributed by atoms with Crippen LogP contribution in [0.15, 0.2) is 48.5 Å². The van der Waals surface area contributed by atoms with Crippen LogP contribution < -0.4 is 5.32 Å². The summed E-state index contributed by atoms with van der Waals surface area (Å²) in [5.74, 6) is -0.651. The summed E-state index contributed by atoms with van der Waals surface area (Å²) in [6.07, 6.45) is 1.52. The van der Waals surface area contributed by atoms with Crippen molar-refractivity contribution in [3.8, 4) is 0 Å². The van der Waals surface area contributed by atoms with Gasteiger partial charge in [0.25, 0.3) is 0 Å². The fourth-order valence-electron chi connectivity index (χ4n) is 3.21. The van der Waals surface area contributed by atoms with E-state index in [-0.39, 0.29) is 23.6 Å². The molecule has 1 saturated carbocycles. The molecule has 1 fully saturated rings. The fraction of sp³-hybridized carbons (Fsp3) is 0.350. The Kier molecular flexibility index (Phi) is 4.86. The molecule has 0 spiro atoms. The number of benzene rings is 2. The Bertz CT molecular complexity index is 755. The Balaban J connectivity index is 1.71. The first kappa shape index (κ1) is 17.5. The first-order chi connectivity index (χ1) is 11.9. The summed E-state index contributed by atoms with van der Waals surface area (Å²) in [4.78, 5) is 14.7. The molecule has 2 aromatic carbocycles. The molecule has 25 heavy (non-hydrogen) atoms. The second-order valence-electron chi connectivity index (χ2n) is 6.83. The largest absolute Gasteiger partial charge is 0.353 e. The summed E-state index contributed by atoms with van der Waals surface area (Å²) in [6.45, 7) is 0.387. The van der Waals surface area contributed by atoms with Crippen molar-refractivity contribution in [3.63, 3.8) is 0 Å². The molecule has 1 aliphatic rings. The van der Waals surface area contributed by atoms with Crippen molar-refractivity contribution in [2.24, 2.45) is 0 Å². The van der Waals surface area contributed by atoms with Gasteiger partial charge in [0.2, 0.25) is 5.91 Å². The van der Waals surface area contributed by atoms with E-state index in [4.69, 9.17) is 0 Å². The molecular weight excluding hydrogens is 322 g/mol. The number of amides is 1. The minimum atomic E-state index is -0.549. The van der Waals surface area contributed by atoms with E-state index in [1.807, 2.05) is 25.1 Å². The monoisotopic (exact) mass is 344 g/mol. The third-order valence-electron chi connectivity index (χ3n) is 4.89. The number of halogens is 2. The molecule has 0 aliphatic heterocycles. The second-order valence-corrected chi connectivity index (χ2v) is 6.83. The van der Waals surface area contributed by atoms with Crippen molar-refractivity contribution in [1.82, 2.24) is 10.2 Å². The van der Waals surface area contributed by atoms with E-state index in [1.54, 1.807) is 18.2 Å². The average Bonchev–Trinajstić information content (AvgIpc) is 3.37. The summed E-state index contributed by atoms with van der Waals surface area (Å²) >= 11 is 0. The van der Waals surface area contributed by atoms with Gasteiger partial charge in [-0.05, 0) is 62.3 Å². The van der Waals surface area contributed by atoms with Crippen LogP contribution in [-0.4, -0.2) is 31.4 Å². The number of hydrogen-bond donors (Lipinski definition) is 1. The van der Waals surface area contributed by atoms with Crippen LogP contribution in [0, 0.1) is 11.6 Å². The minimum Gasteiger partial charge on any atom is -0.353 e. The van der Waals surface area contributed by atoms with Crippen LogP contribution in [0.5, 0.6) is 0 Å². The summed E-state index contributed by atoms with van der Waals surface area (Å²) < 4.78 is 26.6. The van der Waals surface area contributed by atoms with Gasteiger partial charge in [-0.1, -0.05) is 24.3 Å². The normalized spacial score (nSPS) is 16.5. The van der Waals surface area contributed by atoms with Crippen molar-refractivity contribution in [3.05, 3.63) is 71.3 Å². The number of carbonyl (C=O) groups excluding carboxylic acids is 1. The summed E-state index contributed by atoms with van der Waals surface area (Å²) in [5.41, 5.74) is 1.11. The van der Waals surface area contributed by atoms with Crippen LogP contribution in [0.2, 0.25) is 0 Å². The molecule has 0 saturated heterocycles. The van der Waals surface area contributed by atoms with E-state index in [2.05, 4.69) is 5.32 Å². The third kappa shape index (κ3) is 3.71. The standard InChI is InChI=1S/C20H22F2N2O/c1-24(2)18(14-4-3-5-17(22)12-14)13-23-19(25)20(10-11-20)15-6-8-16(21)9-7-15/h3-9,12,18H,10-11,13H2,1-2H3,(H,23,25). The van der Waals surface area contributed by atoms with Crippen molar-refractivity contribution in [2.75, 3.05) is 20.6 Å². The Morgan fingerprint density at radius 2 is 1.80 bits per heavy atom. The molecule has 1 amide bonds. The van der Waals surface area contributed by atoms with Crippen molar-refractivity contribution < 1.29 is 13.6 Å². The van der Waals surface area contributed by atoms with Gasteiger partial charge in [0.1, 0.15) is 11.6 Å². The van der Waals surface area contributed by atoms with Crippen LogP contribution in [0.3, 0.4) is 0 Å². The number of hydrogen-bond acceptors (Lipinski definition) is 2. The van der Waals surface area contributed by atoms with E-state index in [9.17, 15) is 13.6 Å². The quantitative estimate of drug-likeness (QED) is 0.871. The lowest BCUT2D eigenvalue weighted by Crippen LogP contribution is -2.40. The summed E-state index contributed by atoms with van der Waals surface area (Å²) in [5, 5.41) is 3.00. The van der Waals surface area contributed by atoms with Crippen LogP contribution in [0.25, 0.3) is 0 Å². The number of nitrogens with one attached hydrogen (secondary N) is 1. The van der Waals surface area contributed by atoms with Crippen LogP contribution in [-0.2, 0) is 10.2 Å². The van der Waals surface area contributed by atoms with Gasteiger partial charge in [-0.25, -0.2) is 8.78 Å². The highest BCUT2D eigenvalue weighted by molar-refractivity contribution is 5.91. The Morgan fingerprint density at radius 3 is 2.36 bits per heavy atom.